The van der Waals surface area contributed by atoms with Crippen LogP contribution in [-0.4, -0.2) is 60.9 Å². The van der Waals surface area contributed by atoms with Crippen LogP contribution in [0.4, 0.5) is 5.69 Å². The summed E-state index contributed by atoms with van der Waals surface area (Å²) >= 11 is 0. The van der Waals surface area contributed by atoms with Gasteiger partial charge in [-0.1, -0.05) is 12.1 Å². The lowest BCUT2D eigenvalue weighted by Crippen LogP contribution is -2.32. The number of fused-ring (bicyclic) bond motifs is 1. The van der Waals surface area contributed by atoms with Crippen molar-refractivity contribution in [2.75, 3.05) is 27.4 Å². The number of hydrogen-bond donors (Lipinski definition) is 1. The molecule has 0 saturated carbocycles. The summed E-state index contributed by atoms with van der Waals surface area (Å²) in [6.45, 7) is 3.59. The highest BCUT2D eigenvalue weighted by atomic mass is 16.6. The Morgan fingerprint density at radius 1 is 0.927 bits per heavy atom. The fourth-order valence-corrected chi connectivity index (χ4v) is 5.07. The molecule has 2 aromatic rings. The number of dihydropyridines is 1. The van der Waals surface area contributed by atoms with Gasteiger partial charge in [0, 0.05) is 35.6 Å². The number of carbonyl (C=O) groups is 4. The first-order valence-electron chi connectivity index (χ1n) is 12.8. The quantitative estimate of drug-likeness (QED) is 0.149. The Morgan fingerprint density at radius 2 is 1.49 bits per heavy atom. The van der Waals surface area contributed by atoms with Gasteiger partial charge in [0.05, 0.1) is 53.9 Å². The van der Waals surface area contributed by atoms with E-state index in [1.165, 1.54) is 37.3 Å². The van der Waals surface area contributed by atoms with Gasteiger partial charge in [-0.25, -0.2) is 9.59 Å². The maximum Gasteiger partial charge on any atom is 0.336 e. The van der Waals surface area contributed by atoms with Gasteiger partial charge in [-0.2, -0.15) is 0 Å². The molecule has 12 heteroatoms. The Balaban J connectivity index is 1.58. The van der Waals surface area contributed by atoms with Crippen molar-refractivity contribution in [3.8, 4) is 5.75 Å². The summed E-state index contributed by atoms with van der Waals surface area (Å²) in [5.41, 5.74) is 1.67. The van der Waals surface area contributed by atoms with E-state index in [1.54, 1.807) is 38.1 Å². The smallest absolute Gasteiger partial charge is 0.336 e. The molecule has 0 fully saturated rings. The number of nitrogens with one attached hydrogen (secondary N) is 1. The third kappa shape index (κ3) is 5.53. The molecule has 0 bridgehead atoms. The number of non-ortho nitro benzene ring substituents is 1. The Kier molecular flexibility index (Phi) is 8.51. The average molecular weight is 564 g/mol. The van der Waals surface area contributed by atoms with E-state index in [4.69, 9.17) is 14.2 Å². The van der Waals surface area contributed by atoms with Crippen molar-refractivity contribution in [3.63, 3.8) is 0 Å². The summed E-state index contributed by atoms with van der Waals surface area (Å²) in [5.74, 6) is -3.01. The summed E-state index contributed by atoms with van der Waals surface area (Å²) in [5, 5.41) is 14.7. The van der Waals surface area contributed by atoms with Gasteiger partial charge in [-0.15, -0.1) is 0 Å². The van der Waals surface area contributed by atoms with E-state index in [2.05, 4.69) is 5.32 Å². The van der Waals surface area contributed by atoms with Crippen molar-refractivity contribution < 1.29 is 38.3 Å². The molecule has 2 aliphatic heterocycles. The lowest BCUT2D eigenvalue weighted by atomic mass is 9.80. The molecule has 0 aliphatic carbocycles. The molecule has 41 heavy (non-hydrogen) atoms. The number of ether oxygens (including phenoxy) is 3. The average Bonchev–Trinajstić information content (AvgIpc) is 3.20. The summed E-state index contributed by atoms with van der Waals surface area (Å²) in [4.78, 5) is 63.3. The highest BCUT2D eigenvalue weighted by molar-refractivity contribution is 6.21. The van der Waals surface area contributed by atoms with Crippen LogP contribution in [0.1, 0.15) is 58.9 Å². The number of amides is 2. The van der Waals surface area contributed by atoms with Crippen LogP contribution in [0.15, 0.2) is 65.0 Å². The minimum absolute atomic E-state index is 0.0782. The minimum atomic E-state index is -1.08. The lowest BCUT2D eigenvalue weighted by molar-refractivity contribution is -0.384. The fraction of sp³-hybridized carbons (Fsp3) is 0.310. The maximum atomic E-state index is 12.9. The molecule has 0 aromatic heterocycles. The van der Waals surface area contributed by atoms with E-state index in [0.717, 1.165) is 0 Å². The van der Waals surface area contributed by atoms with E-state index in [0.29, 0.717) is 35.4 Å². The van der Waals surface area contributed by atoms with Gasteiger partial charge in [-0.3, -0.25) is 24.6 Å². The predicted molar refractivity (Wildman–Crippen MR) is 145 cm³/mol. The van der Waals surface area contributed by atoms with Crippen molar-refractivity contribution in [2.24, 2.45) is 0 Å². The molecule has 0 atom stereocenters. The van der Waals surface area contributed by atoms with E-state index >= 15 is 0 Å². The molecule has 2 amide bonds. The van der Waals surface area contributed by atoms with Crippen molar-refractivity contribution in [1.82, 2.24) is 10.2 Å². The van der Waals surface area contributed by atoms with Gasteiger partial charge in [0.15, 0.2) is 0 Å². The van der Waals surface area contributed by atoms with Crippen LogP contribution in [0.25, 0.3) is 0 Å². The summed E-state index contributed by atoms with van der Waals surface area (Å²) in [7, 11) is 2.39. The number of carbonyl (C=O) groups excluding carboxylic acids is 4. The van der Waals surface area contributed by atoms with E-state index in [9.17, 15) is 29.3 Å². The molecule has 0 unspecified atom stereocenters. The zero-order valence-electron chi connectivity index (χ0n) is 23.0. The van der Waals surface area contributed by atoms with Crippen LogP contribution < -0.4 is 10.1 Å². The van der Waals surface area contributed by atoms with Crippen LogP contribution in [-0.2, 0) is 19.1 Å². The molecule has 4 rings (SSSR count). The van der Waals surface area contributed by atoms with Gasteiger partial charge in [0.2, 0.25) is 0 Å². The number of benzene rings is 2. The highest BCUT2D eigenvalue weighted by Crippen LogP contribution is 2.44. The fourth-order valence-electron chi connectivity index (χ4n) is 5.07. The number of allylic oxidation sites excluding steroid dienone is 2. The molecule has 2 heterocycles. The summed E-state index contributed by atoms with van der Waals surface area (Å²) in [6, 6.07) is 10.6. The summed E-state index contributed by atoms with van der Waals surface area (Å²) < 4.78 is 16.0. The highest BCUT2D eigenvalue weighted by Gasteiger charge is 2.40. The number of nitro groups is 1. The molecule has 2 aliphatic rings. The Bertz CT molecular complexity index is 1440. The predicted octanol–water partition coefficient (Wildman–Crippen LogP) is 3.63. The maximum absolute atomic E-state index is 12.9. The van der Waals surface area contributed by atoms with Crippen molar-refractivity contribution in [2.45, 2.75) is 32.6 Å². The number of nitro benzene ring substituents is 1. The van der Waals surface area contributed by atoms with Crippen LogP contribution in [0.3, 0.4) is 0 Å². The summed E-state index contributed by atoms with van der Waals surface area (Å²) in [6.07, 6.45) is 0.882. The van der Waals surface area contributed by atoms with Gasteiger partial charge < -0.3 is 19.5 Å². The molecule has 0 saturated heterocycles. The number of rotatable bonds is 10. The molecular formula is C29H29N3O9. The topological polar surface area (TPSA) is 154 Å². The van der Waals surface area contributed by atoms with Crippen LogP contribution in [0.2, 0.25) is 0 Å². The third-order valence-corrected chi connectivity index (χ3v) is 7.00. The Hall–Kier alpha value is -5.00. The largest absolute Gasteiger partial charge is 0.493 e. The number of esters is 2. The first-order chi connectivity index (χ1) is 19.6. The monoisotopic (exact) mass is 563 g/mol. The molecular weight excluding hydrogens is 534 g/mol. The number of unbranched alkanes of at least 4 members (excludes halogenated alkanes) is 1. The SMILES string of the molecule is COC(=O)C1=C(C)NC(C)=C(C(=O)OC)C1c1cc([N+](=O)[O-])ccc1OCCCCN1C(=O)c2ccccc2C1=O. The first kappa shape index (κ1) is 29.0. The van der Waals surface area contributed by atoms with Gasteiger partial charge in [-0.05, 0) is 44.9 Å². The van der Waals surface area contributed by atoms with E-state index in [1.807, 2.05) is 0 Å². The molecule has 1 N–H and O–H groups in total. The van der Waals surface area contributed by atoms with Crippen molar-refractivity contribution >= 4 is 29.4 Å². The number of imide groups is 1. The Morgan fingerprint density at radius 3 is 2.00 bits per heavy atom. The van der Waals surface area contributed by atoms with Gasteiger partial charge >= 0.3 is 11.9 Å². The van der Waals surface area contributed by atoms with Crippen LogP contribution >= 0.6 is 0 Å². The molecule has 214 valence electrons. The van der Waals surface area contributed by atoms with Crippen LogP contribution in [0.5, 0.6) is 5.75 Å². The van der Waals surface area contributed by atoms with Crippen molar-refractivity contribution in [3.05, 3.63) is 91.8 Å². The number of nitrogens with zero attached hydrogens (tertiary/aromatic N) is 2. The molecule has 2 aromatic carbocycles. The van der Waals surface area contributed by atoms with Crippen LogP contribution in [0, 0.1) is 10.1 Å². The molecule has 12 nitrogen and oxygen atoms in total. The second kappa shape index (κ2) is 12.0. The molecule has 0 radical (unpaired) electrons. The number of hydrogen-bond acceptors (Lipinski definition) is 10. The molecule has 0 spiro atoms. The first-order valence-corrected chi connectivity index (χ1v) is 12.8. The third-order valence-electron chi connectivity index (χ3n) is 7.00. The van der Waals surface area contributed by atoms with Crippen molar-refractivity contribution in [1.29, 1.82) is 0 Å². The minimum Gasteiger partial charge on any atom is -0.493 e. The van der Waals surface area contributed by atoms with E-state index in [-0.39, 0.29) is 53.1 Å². The van der Waals surface area contributed by atoms with Gasteiger partial charge in [0.25, 0.3) is 17.5 Å². The second-order valence-corrected chi connectivity index (χ2v) is 9.46. The lowest BCUT2D eigenvalue weighted by Gasteiger charge is -2.30. The van der Waals surface area contributed by atoms with Gasteiger partial charge in [0.1, 0.15) is 5.75 Å². The second-order valence-electron chi connectivity index (χ2n) is 9.46. The standard InChI is InChI=1S/C29H29N3O9/c1-16-23(28(35)39-3)25(24(17(2)30-16)29(36)40-4)21-15-18(32(37)38)11-12-22(21)41-14-8-7-13-31-26(33)19-9-5-6-10-20(19)27(31)34/h5-6,9-12,15,25,30H,7-8,13-14H2,1-4H3. The van der Waals surface area contributed by atoms with E-state index < -0.39 is 22.8 Å². The zero-order valence-corrected chi connectivity index (χ0v) is 23.0. The zero-order chi connectivity index (χ0) is 29.8. The normalized spacial score (nSPS) is 15.1. The number of methoxy groups -OCH3 is 2. The Labute approximate surface area is 235 Å².